The van der Waals surface area contributed by atoms with Gasteiger partial charge in [0.1, 0.15) is 5.75 Å². The van der Waals surface area contributed by atoms with Crippen molar-refractivity contribution in [2.24, 2.45) is 0 Å². The van der Waals surface area contributed by atoms with Crippen LogP contribution in [0.15, 0.2) is 54.6 Å². The number of benzene rings is 2. The second-order valence-electron chi connectivity index (χ2n) is 7.29. The van der Waals surface area contributed by atoms with Gasteiger partial charge in [-0.2, -0.15) is 0 Å². The van der Waals surface area contributed by atoms with Crippen LogP contribution in [0.4, 0.5) is 5.69 Å². The predicted octanol–water partition coefficient (Wildman–Crippen LogP) is 2.24. The van der Waals surface area contributed by atoms with Crippen LogP contribution < -0.4 is 9.64 Å². The summed E-state index contributed by atoms with van der Waals surface area (Å²) in [5.74, 6) is 1.74. The summed E-state index contributed by atoms with van der Waals surface area (Å²) in [4.78, 5) is 4.87. The zero-order valence-electron chi connectivity index (χ0n) is 17.5. The van der Waals surface area contributed by atoms with Gasteiger partial charge in [0.25, 0.3) is 0 Å². The first-order valence-corrected chi connectivity index (χ1v) is 10.2. The van der Waals surface area contributed by atoms with E-state index in [1.807, 2.05) is 22.9 Å². The molecule has 30 heavy (non-hydrogen) atoms. The highest BCUT2D eigenvalue weighted by Crippen LogP contribution is 2.29. The van der Waals surface area contributed by atoms with Crippen molar-refractivity contribution in [2.45, 2.75) is 12.6 Å². The number of nitrogens with zero attached hydrogens (tertiary/aromatic N) is 6. The highest BCUT2D eigenvalue weighted by atomic mass is 16.5. The summed E-state index contributed by atoms with van der Waals surface area (Å²) < 4.78 is 12.4. The standard InChI is InChI=1S/C22H28N6O2/c1-29-17-16-28-22(23-24-25-28)21(18-6-4-3-5-7-18)27-14-12-26(13-15-27)19-8-10-20(30-2)11-9-19/h3-11,21H,12-17H2,1-2H3/t21-/m0/s1. The first-order chi connectivity index (χ1) is 14.8. The maximum Gasteiger partial charge on any atom is 0.173 e. The second kappa shape index (κ2) is 9.69. The lowest BCUT2D eigenvalue weighted by Gasteiger charge is -2.40. The molecule has 2 heterocycles. The Balaban J connectivity index is 1.53. The molecule has 158 valence electrons. The number of methoxy groups -OCH3 is 2. The topological polar surface area (TPSA) is 68.5 Å². The van der Waals surface area contributed by atoms with E-state index in [1.54, 1.807) is 14.2 Å². The number of piperazine rings is 1. The molecule has 0 spiro atoms. The number of ether oxygens (including phenoxy) is 2. The SMILES string of the molecule is COCCn1nnnc1[C@H](c1ccccc1)N1CCN(c2ccc(OC)cc2)CC1. The van der Waals surface area contributed by atoms with Crippen LogP contribution >= 0.6 is 0 Å². The van der Waals surface area contributed by atoms with Gasteiger partial charge in [-0.1, -0.05) is 30.3 Å². The fourth-order valence-corrected chi connectivity index (χ4v) is 3.93. The minimum atomic E-state index is 0.0103. The fraction of sp³-hybridized carbons (Fsp3) is 0.409. The van der Waals surface area contributed by atoms with Gasteiger partial charge < -0.3 is 14.4 Å². The van der Waals surface area contributed by atoms with Crippen LogP contribution in [0.2, 0.25) is 0 Å². The predicted molar refractivity (Wildman–Crippen MR) is 115 cm³/mol. The number of aromatic nitrogens is 4. The quantitative estimate of drug-likeness (QED) is 0.566. The van der Waals surface area contributed by atoms with Crippen molar-refractivity contribution in [1.29, 1.82) is 0 Å². The Kier molecular flexibility index (Phi) is 6.56. The lowest BCUT2D eigenvalue weighted by atomic mass is 10.0. The van der Waals surface area contributed by atoms with Crippen LogP contribution in [0.5, 0.6) is 5.75 Å². The Morgan fingerprint density at radius 2 is 1.67 bits per heavy atom. The lowest BCUT2D eigenvalue weighted by Crippen LogP contribution is -2.48. The molecule has 1 aliphatic heterocycles. The third kappa shape index (κ3) is 4.44. The van der Waals surface area contributed by atoms with Crippen molar-refractivity contribution in [2.75, 3.05) is 51.9 Å². The van der Waals surface area contributed by atoms with E-state index in [-0.39, 0.29) is 6.04 Å². The molecule has 0 saturated carbocycles. The summed E-state index contributed by atoms with van der Waals surface area (Å²) in [7, 11) is 3.38. The van der Waals surface area contributed by atoms with Gasteiger partial charge in [0.05, 0.1) is 26.3 Å². The number of anilines is 1. The van der Waals surface area contributed by atoms with E-state index in [9.17, 15) is 0 Å². The Hall–Kier alpha value is -2.97. The Labute approximate surface area is 177 Å². The summed E-state index contributed by atoms with van der Waals surface area (Å²) >= 11 is 0. The molecule has 1 atom stereocenters. The molecular weight excluding hydrogens is 380 g/mol. The van der Waals surface area contributed by atoms with E-state index in [2.05, 4.69) is 61.7 Å². The molecule has 8 nitrogen and oxygen atoms in total. The molecule has 0 unspecified atom stereocenters. The van der Waals surface area contributed by atoms with E-state index < -0.39 is 0 Å². The van der Waals surface area contributed by atoms with Crippen LogP contribution in [0, 0.1) is 0 Å². The Morgan fingerprint density at radius 3 is 2.33 bits per heavy atom. The highest BCUT2D eigenvalue weighted by molar-refractivity contribution is 5.49. The van der Waals surface area contributed by atoms with E-state index >= 15 is 0 Å². The first-order valence-electron chi connectivity index (χ1n) is 10.2. The summed E-state index contributed by atoms with van der Waals surface area (Å²) in [6, 6.07) is 18.7. The molecule has 0 bridgehead atoms. The normalized spacial score (nSPS) is 15.9. The molecule has 1 saturated heterocycles. The number of rotatable bonds is 8. The van der Waals surface area contributed by atoms with Crippen molar-refractivity contribution in [3.8, 4) is 5.75 Å². The highest BCUT2D eigenvalue weighted by Gasteiger charge is 2.30. The fourth-order valence-electron chi connectivity index (χ4n) is 3.93. The van der Waals surface area contributed by atoms with Gasteiger partial charge in [0, 0.05) is 39.0 Å². The Morgan fingerprint density at radius 1 is 0.933 bits per heavy atom. The van der Waals surface area contributed by atoms with Gasteiger partial charge in [-0.05, 0) is 40.3 Å². The van der Waals surface area contributed by atoms with Crippen molar-refractivity contribution in [3.05, 3.63) is 66.0 Å². The zero-order chi connectivity index (χ0) is 20.8. The molecular formula is C22H28N6O2. The summed E-state index contributed by atoms with van der Waals surface area (Å²) in [5.41, 5.74) is 2.42. The lowest BCUT2D eigenvalue weighted by molar-refractivity contribution is 0.172. The third-order valence-electron chi connectivity index (χ3n) is 5.54. The Bertz CT molecular complexity index is 907. The van der Waals surface area contributed by atoms with E-state index in [0.29, 0.717) is 13.2 Å². The van der Waals surface area contributed by atoms with E-state index in [4.69, 9.17) is 9.47 Å². The number of hydrogen-bond acceptors (Lipinski definition) is 7. The van der Waals surface area contributed by atoms with Crippen LogP contribution in [-0.2, 0) is 11.3 Å². The van der Waals surface area contributed by atoms with Crippen LogP contribution in [0.3, 0.4) is 0 Å². The molecule has 1 fully saturated rings. The van der Waals surface area contributed by atoms with E-state index in [1.165, 1.54) is 11.3 Å². The number of hydrogen-bond donors (Lipinski definition) is 0. The summed E-state index contributed by atoms with van der Waals surface area (Å²) in [6.07, 6.45) is 0. The van der Waals surface area contributed by atoms with Crippen LogP contribution in [-0.4, -0.2) is 72.1 Å². The molecule has 0 aliphatic carbocycles. The van der Waals surface area contributed by atoms with Crippen LogP contribution in [0.25, 0.3) is 0 Å². The summed E-state index contributed by atoms with van der Waals surface area (Å²) in [5, 5.41) is 12.5. The monoisotopic (exact) mass is 408 g/mol. The maximum absolute atomic E-state index is 5.28. The average Bonchev–Trinajstić information content (AvgIpc) is 3.27. The van der Waals surface area contributed by atoms with Gasteiger partial charge in [0.15, 0.2) is 5.82 Å². The molecule has 2 aromatic carbocycles. The molecule has 0 N–H and O–H groups in total. The maximum atomic E-state index is 5.28. The summed E-state index contributed by atoms with van der Waals surface area (Å²) in [6.45, 7) is 4.93. The van der Waals surface area contributed by atoms with Gasteiger partial charge in [-0.15, -0.1) is 5.10 Å². The van der Waals surface area contributed by atoms with Gasteiger partial charge in [-0.25, -0.2) is 4.68 Å². The smallest absolute Gasteiger partial charge is 0.173 e. The van der Waals surface area contributed by atoms with Crippen molar-refractivity contribution in [3.63, 3.8) is 0 Å². The number of tetrazole rings is 1. The van der Waals surface area contributed by atoms with E-state index in [0.717, 1.165) is 37.8 Å². The molecule has 0 radical (unpaired) electrons. The minimum Gasteiger partial charge on any atom is -0.497 e. The van der Waals surface area contributed by atoms with Crippen molar-refractivity contribution in [1.82, 2.24) is 25.1 Å². The van der Waals surface area contributed by atoms with Gasteiger partial charge in [0.2, 0.25) is 0 Å². The second-order valence-corrected chi connectivity index (χ2v) is 7.29. The van der Waals surface area contributed by atoms with Gasteiger partial charge in [-0.3, -0.25) is 4.90 Å². The molecule has 0 amide bonds. The van der Waals surface area contributed by atoms with Gasteiger partial charge >= 0.3 is 0 Å². The molecule has 1 aromatic heterocycles. The third-order valence-corrected chi connectivity index (χ3v) is 5.54. The van der Waals surface area contributed by atoms with Crippen LogP contribution in [0.1, 0.15) is 17.4 Å². The largest absolute Gasteiger partial charge is 0.497 e. The van der Waals surface area contributed by atoms with Crippen molar-refractivity contribution >= 4 is 5.69 Å². The molecule has 8 heteroatoms. The molecule has 1 aliphatic rings. The average molecular weight is 409 g/mol. The zero-order valence-corrected chi connectivity index (χ0v) is 17.5. The minimum absolute atomic E-state index is 0.0103. The molecule has 3 aromatic rings. The van der Waals surface area contributed by atoms with Crippen molar-refractivity contribution < 1.29 is 9.47 Å². The first kappa shape index (κ1) is 20.3. The molecule has 4 rings (SSSR count).